The summed E-state index contributed by atoms with van der Waals surface area (Å²) < 4.78 is 39.9. The fraction of sp³-hybridized carbons (Fsp3) is 0.450. The normalized spacial score (nSPS) is 17.1. The number of amides is 1. The summed E-state index contributed by atoms with van der Waals surface area (Å²) in [5.74, 6) is -1.31. The average Bonchev–Trinajstić information content (AvgIpc) is 3.35. The zero-order valence-electron chi connectivity index (χ0n) is 16.6. The molecule has 3 aromatic heterocycles. The van der Waals surface area contributed by atoms with Crippen LogP contribution < -0.4 is 0 Å². The van der Waals surface area contributed by atoms with Crippen LogP contribution in [0.4, 0.5) is 13.2 Å². The first-order valence-corrected chi connectivity index (χ1v) is 9.75. The van der Waals surface area contributed by atoms with Crippen LogP contribution in [0.3, 0.4) is 0 Å². The molecule has 0 N–H and O–H groups in total. The summed E-state index contributed by atoms with van der Waals surface area (Å²) >= 11 is 0. The van der Waals surface area contributed by atoms with Crippen LogP contribution in [0.1, 0.15) is 53.6 Å². The lowest BCUT2D eigenvalue weighted by atomic mass is 10.0. The van der Waals surface area contributed by atoms with Crippen molar-refractivity contribution in [2.24, 2.45) is 0 Å². The van der Waals surface area contributed by atoms with E-state index in [0.717, 1.165) is 22.9 Å². The predicted octanol–water partition coefficient (Wildman–Crippen LogP) is 3.45. The van der Waals surface area contributed by atoms with E-state index in [1.807, 2.05) is 17.0 Å². The van der Waals surface area contributed by atoms with Crippen LogP contribution in [-0.4, -0.2) is 41.9 Å². The van der Waals surface area contributed by atoms with Gasteiger partial charge in [0.15, 0.2) is 0 Å². The van der Waals surface area contributed by atoms with Crippen LogP contribution in [0.2, 0.25) is 0 Å². The Kier molecular flexibility index (Phi) is 5.17. The first-order valence-electron chi connectivity index (χ1n) is 9.75. The summed E-state index contributed by atoms with van der Waals surface area (Å²) in [6, 6.07) is 3.84. The van der Waals surface area contributed by atoms with Gasteiger partial charge in [-0.25, -0.2) is 9.50 Å². The molecule has 1 amide bonds. The summed E-state index contributed by atoms with van der Waals surface area (Å²) in [6.45, 7) is 4.07. The Hall–Kier alpha value is -3.04. The number of fused-ring (bicyclic) bond motifs is 1. The van der Waals surface area contributed by atoms with Crippen LogP contribution in [0.15, 0.2) is 24.5 Å². The van der Waals surface area contributed by atoms with E-state index in [4.69, 9.17) is 0 Å². The zero-order valence-corrected chi connectivity index (χ0v) is 16.6. The van der Waals surface area contributed by atoms with E-state index in [-0.39, 0.29) is 24.1 Å². The molecular formula is C20H21F3N6O. The largest absolute Gasteiger partial charge is 0.453 e. The number of hydrogen-bond donors (Lipinski definition) is 0. The first-order chi connectivity index (χ1) is 14.3. The Balaban J connectivity index is 1.54. The third-order valence-corrected chi connectivity index (χ3v) is 5.53. The molecule has 1 fully saturated rings. The molecule has 0 saturated carbocycles. The van der Waals surface area contributed by atoms with Crippen molar-refractivity contribution in [1.82, 2.24) is 29.5 Å². The molecule has 158 valence electrons. The summed E-state index contributed by atoms with van der Waals surface area (Å²) in [4.78, 5) is 26.6. The number of aryl methyl sites for hydroxylation is 2. The maximum absolute atomic E-state index is 12.9. The van der Waals surface area contributed by atoms with Gasteiger partial charge in [-0.05, 0) is 50.3 Å². The smallest absolute Gasteiger partial charge is 0.336 e. The second kappa shape index (κ2) is 7.66. The number of hydrogen-bond acceptors (Lipinski definition) is 5. The van der Waals surface area contributed by atoms with E-state index in [1.54, 1.807) is 26.2 Å². The number of carbonyl (C=O) groups excluding carboxylic acids is 1. The first kappa shape index (κ1) is 20.2. The summed E-state index contributed by atoms with van der Waals surface area (Å²) in [7, 11) is 0. The van der Waals surface area contributed by atoms with Gasteiger partial charge in [0, 0.05) is 36.7 Å². The molecule has 3 aromatic rings. The average molecular weight is 418 g/mol. The lowest BCUT2D eigenvalue weighted by Gasteiger charge is -2.25. The number of carbonyl (C=O) groups is 1. The molecule has 10 heteroatoms. The molecule has 4 heterocycles. The van der Waals surface area contributed by atoms with E-state index in [9.17, 15) is 18.0 Å². The van der Waals surface area contributed by atoms with Crippen LogP contribution in [0.25, 0.3) is 5.78 Å². The maximum atomic E-state index is 12.9. The Bertz CT molecular complexity index is 1080. The van der Waals surface area contributed by atoms with Crippen molar-refractivity contribution in [2.75, 3.05) is 6.54 Å². The minimum absolute atomic E-state index is 0.00909. The molecule has 1 aliphatic heterocycles. The van der Waals surface area contributed by atoms with E-state index < -0.39 is 12.0 Å². The van der Waals surface area contributed by atoms with Crippen molar-refractivity contribution < 1.29 is 18.0 Å². The molecule has 0 radical (unpaired) electrons. The van der Waals surface area contributed by atoms with Gasteiger partial charge in [0.1, 0.15) is 0 Å². The van der Waals surface area contributed by atoms with Crippen molar-refractivity contribution in [3.05, 3.63) is 52.9 Å². The number of rotatable bonds is 4. The van der Waals surface area contributed by atoms with Gasteiger partial charge in [0.2, 0.25) is 5.91 Å². The number of likely N-dealkylation sites (tertiary alicyclic amines) is 1. The van der Waals surface area contributed by atoms with E-state index in [0.29, 0.717) is 29.9 Å². The van der Waals surface area contributed by atoms with Crippen LogP contribution in [-0.2, 0) is 17.4 Å². The van der Waals surface area contributed by atoms with E-state index in [2.05, 4.69) is 20.1 Å². The van der Waals surface area contributed by atoms with Gasteiger partial charge in [-0.3, -0.25) is 9.78 Å². The van der Waals surface area contributed by atoms with Gasteiger partial charge in [0.25, 0.3) is 11.6 Å². The van der Waals surface area contributed by atoms with Crippen LogP contribution >= 0.6 is 0 Å². The monoisotopic (exact) mass is 418 g/mol. The minimum Gasteiger partial charge on any atom is -0.336 e. The number of nitrogens with zero attached hydrogens (tertiary/aromatic N) is 6. The standard InChI is InChI=1S/C20H21F3N6O/c1-12-15(13(2)29-19(25-12)26-18(27-29)20(21,22)23)7-8-17(30)28-10-4-6-16(28)14-5-3-9-24-11-14/h3,5,9,11,16H,4,6-8,10H2,1-2H3. The Morgan fingerprint density at radius 3 is 2.77 bits per heavy atom. The molecule has 1 atom stereocenters. The molecule has 0 spiro atoms. The minimum atomic E-state index is -4.64. The third kappa shape index (κ3) is 3.73. The molecule has 30 heavy (non-hydrogen) atoms. The van der Waals surface area contributed by atoms with Crippen LogP contribution in [0, 0.1) is 13.8 Å². The van der Waals surface area contributed by atoms with Crippen molar-refractivity contribution in [2.45, 2.75) is 51.7 Å². The molecule has 4 rings (SSSR count). The zero-order chi connectivity index (χ0) is 21.5. The third-order valence-electron chi connectivity index (χ3n) is 5.53. The fourth-order valence-electron chi connectivity index (χ4n) is 4.05. The van der Waals surface area contributed by atoms with Gasteiger partial charge in [0.05, 0.1) is 6.04 Å². The van der Waals surface area contributed by atoms with Crippen LogP contribution in [0.5, 0.6) is 0 Å². The van der Waals surface area contributed by atoms with Crippen molar-refractivity contribution in [1.29, 1.82) is 0 Å². The number of aromatic nitrogens is 5. The molecule has 1 unspecified atom stereocenters. The molecular weight excluding hydrogens is 397 g/mol. The van der Waals surface area contributed by atoms with Crippen molar-refractivity contribution in [3.63, 3.8) is 0 Å². The number of alkyl halides is 3. The van der Waals surface area contributed by atoms with Gasteiger partial charge < -0.3 is 4.90 Å². The van der Waals surface area contributed by atoms with Gasteiger partial charge in [-0.2, -0.15) is 18.2 Å². The predicted molar refractivity (Wildman–Crippen MR) is 102 cm³/mol. The highest BCUT2D eigenvalue weighted by Gasteiger charge is 2.37. The number of pyridine rings is 1. The quantitative estimate of drug-likeness (QED) is 0.649. The lowest BCUT2D eigenvalue weighted by Crippen LogP contribution is -2.31. The molecule has 0 aromatic carbocycles. The molecule has 1 aliphatic rings. The Morgan fingerprint density at radius 1 is 1.27 bits per heavy atom. The topological polar surface area (TPSA) is 76.3 Å². The molecule has 1 saturated heterocycles. The van der Waals surface area contributed by atoms with Crippen molar-refractivity contribution >= 4 is 11.7 Å². The highest BCUT2D eigenvalue weighted by molar-refractivity contribution is 5.77. The molecule has 0 aliphatic carbocycles. The Labute approximate surface area is 171 Å². The highest BCUT2D eigenvalue weighted by atomic mass is 19.4. The summed E-state index contributed by atoms with van der Waals surface area (Å²) in [6.07, 6.45) is 1.28. The molecule has 7 nitrogen and oxygen atoms in total. The maximum Gasteiger partial charge on any atom is 0.453 e. The fourth-order valence-corrected chi connectivity index (χ4v) is 4.05. The SMILES string of the molecule is Cc1nc2nc(C(F)(F)F)nn2c(C)c1CCC(=O)N1CCCC1c1cccnc1. The van der Waals surface area contributed by atoms with Crippen molar-refractivity contribution in [3.8, 4) is 0 Å². The highest BCUT2D eigenvalue weighted by Crippen LogP contribution is 2.32. The van der Waals surface area contributed by atoms with Gasteiger partial charge >= 0.3 is 6.18 Å². The van der Waals surface area contributed by atoms with Gasteiger partial charge in [-0.1, -0.05) is 6.07 Å². The summed E-state index contributed by atoms with van der Waals surface area (Å²) in [5, 5.41) is 3.56. The second-order valence-electron chi connectivity index (χ2n) is 7.44. The number of halogens is 3. The van der Waals surface area contributed by atoms with E-state index in [1.165, 1.54) is 0 Å². The second-order valence-corrected chi connectivity index (χ2v) is 7.44. The Morgan fingerprint density at radius 2 is 2.07 bits per heavy atom. The summed E-state index contributed by atoms with van der Waals surface area (Å²) in [5.41, 5.74) is 2.80. The van der Waals surface area contributed by atoms with Gasteiger partial charge in [-0.15, -0.1) is 5.10 Å². The lowest BCUT2D eigenvalue weighted by molar-refractivity contribution is -0.144. The van der Waals surface area contributed by atoms with E-state index >= 15 is 0 Å². The molecule has 0 bridgehead atoms.